The van der Waals surface area contributed by atoms with Crippen LogP contribution in [0.4, 0.5) is 0 Å². The van der Waals surface area contributed by atoms with Crippen LogP contribution in [0.1, 0.15) is 12.5 Å². The molecule has 0 aliphatic carbocycles. The van der Waals surface area contributed by atoms with E-state index in [-0.39, 0.29) is 0 Å². The summed E-state index contributed by atoms with van der Waals surface area (Å²) in [7, 11) is 0. The first-order valence-corrected chi connectivity index (χ1v) is 8.53. The predicted octanol–water partition coefficient (Wildman–Crippen LogP) is 4.48. The summed E-state index contributed by atoms with van der Waals surface area (Å²) < 4.78 is 10.9. The molecule has 0 fully saturated rings. The van der Waals surface area contributed by atoms with Gasteiger partial charge < -0.3 is 9.47 Å². The van der Waals surface area contributed by atoms with Gasteiger partial charge in [-0.1, -0.05) is 35.9 Å². The fourth-order valence-electron chi connectivity index (χ4n) is 1.88. The zero-order chi connectivity index (χ0) is 18.9. The Hall–Kier alpha value is -2.50. The van der Waals surface area contributed by atoms with Crippen molar-refractivity contribution < 1.29 is 14.3 Å². The van der Waals surface area contributed by atoms with Gasteiger partial charge >= 0.3 is 0 Å². The third kappa shape index (κ3) is 6.10. The molecule has 0 bridgehead atoms. The minimum Gasteiger partial charge on any atom is -0.490 e. The Balaban J connectivity index is 1.86. The lowest BCUT2D eigenvalue weighted by atomic mass is 10.2. The van der Waals surface area contributed by atoms with Gasteiger partial charge in [-0.2, -0.15) is 5.10 Å². The highest BCUT2D eigenvalue weighted by atomic mass is 35.5. The normalized spacial score (nSPS) is 11.8. The van der Waals surface area contributed by atoms with Gasteiger partial charge in [-0.25, -0.2) is 5.43 Å². The number of nitrogens with zero attached hydrogens (tertiary/aromatic N) is 1. The number of nitrogens with one attached hydrogen (secondary N) is 1. The van der Waals surface area contributed by atoms with Gasteiger partial charge in [0.15, 0.2) is 6.10 Å². The third-order valence-corrected chi connectivity index (χ3v) is 3.73. The number of carbonyl (C=O) groups is 1. The van der Waals surface area contributed by atoms with Crippen molar-refractivity contribution in [3.05, 3.63) is 70.7 Å². The molecule has 1 N–H and O–H groups in total. The highest BCUT2D eigenvalue weighted by molar-refractivity contribution is 6.35. The third-order valence-electron chi connectivity index (χ3n) is 3.20. The maximum absolute atomic E-state index is 12.0. The van der Waals surface area contributed by atoms with Gasteiger partial charge in [0, 0.05) is 5.02 Å². The minimum atomic E-state index is -0.777. The van der Waals surface area contributed by atoms with Crippen LogP contribution in [0.3, 0.4) is 0 Å². The lowest BCUT2D eigenvalue weighted by molar-refractivity contribution is -0.127. The van der Waals surface area contributed by atoms with Crippen molar-refractivity contribution in [1.29, 1.82) is 0 Å². The van der Waals surface area contributed by atoms with Gasteiger partial charge in [0.2, 0.25) is 0 Å². The molecule has 1 atom stereocenters. The Morgan fingerprint density at radius 3 is 2.65 bits per heavy atom. The van der Waals surface area contributed by atoms with Crippen molar-refractivity contribution in [2.45, 2.75) is 13.0 Å². The number of hydrogen-bond acceptors (Lipinski definition) is 4. The van der Waals surface area contributed by atoms with Crippen molar-refractivity contribution in [3.8, 4) is 11.5 Å². The van der Waals surface area contributed by atoms with Gasteiger partial charge in [0.05, 0.1) is 11.2 Å². The molecule has 0 aliphatic rings. The molecule has 1 amide bonds. The zero-order valence-corrected chi connectivity index (χ0v) is 15.6. The second-order valence-corrected chi connectivity index (χ2v) is 6.08. The molecule has 136 valence electrons. The molecule has 0 heterocycles. The van der Waals surface area contributed by atoms with E-state index in [1.54, 1.807) is 43.3 Å². The molecular weight excluding hydrogens is 375 g/mol. The van der Waals surface area contributed by atoms with Gasteiger partial charge in [-0.3, -0.25) is 4.79 Å². The molecular formula is C19H18Cl2N2O3. The average Bonchev–Trinajstić information content (AvgIpc) is 2.63. The number of hydrazone groups is 1. The summed E-state index contributed by atoms with van der Waals surface area (Å²) >= 11 is 11.8. The molecule has 0 radical (unpaired) electrons. The Bertz CT molecular complexity index is 792. The van der Waals surface area contributed by atoms with Crippen molar-refractivity contribution in [2.75, 3.05) is 6.61 Å². The van der Waals surface area contributed by atoms with E-state index in [0.717, 1.165) is 11.3 Å². The molecule has 2 rings (SSSR count). The predicted molar refractivity (Wildman–Crippen MR) is 104 cm³/mol. The average molecular weight is 393 g/mol. The van der Waals surface area contributed by atoms with E-state index in [2.05, 4.69) is 17.1 Å². The van der Waals surface area contributed by atoms with Crippen molar-refractivity contribution in [1.82, 2.24) is 5.43 Å². The number of hydrogen-bond donors (Lipinski definition) is 1. The van der Waals surface area contributed by atoms with E-state index < -0.39 is 12.0 Å². The van der Waals surface area contributed by atoms with Crippen LogP contribution in [0, 0.1) is 0 Å². The molecule has 26 heavy (non-hydrogen) atoms. The van der Waals surface area contributed by atoms with Crippen LogP contribution in [-0.4, -0.2) is 24.8 Å². The van der Waals surface area contributed by atoms with Gasteiger partial charge in [0.25, 0.3) is 5.91 Å². The van der Waals surface area contributed by atoms with E-state index in [1.807, 2.05) is 12.1 Å². The molecule has 0 aromatic heterocycles. The summed E-state index contributed by atoms with van der Waals surface area (Å²) in [6.07, 6.45) is 2.42. The van der Waals surface area contributed by atoms with Crippen molar-refractivity contribution >= 4 is 35.3 Å². The first kappa shape index (κ1) is 19.8. The van der Waals surface area contributed by atoms with Crippen LogP contribution in [0.2, 0.25) is 10.0 Å². The van der Waals surface area contributed by atoms with E-state index >= 15 is 0 Å². The number of halogens is 2. The Morgan fingerprint density at radius 2 is 2.00 bits per heavy atom. The van der Waals surface area contributed by atoms with Crippen molar-refractivity contribution in [2.24, 2.45) is 5.10 Å². The zero-order valence-electron chi connectivity index (χ0n) is 14.1. The molecule has 5 nitrogen and oxygen atoms in total. The van der Waals surface area contributed by atoms with Crippen molar-refractivity contribution in [3.63, 3.8) is 0 Å². The van der Waals surface area contributed by atoms with E-state index in [0.29, 0.717) is 22.4 Å². The van der Waals surface area contributed by atoms with Gasteiger partial charge in [-0.05, 0) is 55.0 Å². The number of rotatable bonds is 8. The molecule has 7 heteroatoms. The number of benzene rings is 2. The smallest absolute Gasteiger partial charge is 0.280 e. The molecule has 0 aliphatic heterocycles. The first-order chi connectivity index (χ1) is 12.5. The molecule has 0 spiro atoms. The van der Waals surface area contributed by atoms with Gasteiger partial charge in [-0.15, -0.1) is 0 Å². The molecule has 0 unspecified atom stereocenters. The lowest BCUT2D eigenvalue weighted by Crippen LogP contribution is -2.33. The lowest BCUT2D eigenvalue weighted by Gasteiger charge is -2.14. The largest absolute Gasteiger partial charge is 0.490 e. The van der Waals surface area contributed by atoms with E-state index in [4.69, 9.17) is 32.7 Å². The van der Waals surface area contributed by atoms with Crippen LogP contribution in [0.5, 0.6) is 11.5 Å². The number of amides is 1. The Labute approximate surface area is 162 Å². The Morgan fingerprint density at radius 1 is 1.27 bits per heavy atom. The summed E-state index contributed by atoms with van der Waals surface area (Å²) in [5.74, 6) is 0.698. The first-order valence-electron chi connectivity index (χ1n) is 7.78. The van der Waals surface area contributed by atoms with Gasteiger partial charge in [0.1, 0.15) is 18.1 Å². The van der Waals surface area contributed by atoms with Crippen LogP contribution < -0.4 is 14.9 Å². The second kappa shape index (κ2) is 9.85. The van der Waals surface area contributed by atoms with Crippen LogP contribution >= 0.6 is 23.2 Å². The molecule has 0 saturated carbocycles. The maximum atomic E-state index is 12.0. The highest BCUT2D eigenvalue weighted by Gasteiger charge is 2.15. The summed E-state index contributed by atoms with van der Waals surface area (Å²) in [6, 6.07) is 12.0. The topological polar surface area (TPSA) is 59.9 Å². The summed E-state index contributed by atoms with van der Waals surface area (Å²) in [4.78, 5) is 12.0. The van der Waals surface area contributed by atoms with Crippen LogP contribution in [-0.2, 0) is 4.79 Å². The fraction of sp³-hybridized carbons (Fsp3) is 0.158. The van der Waals surface area contributed by atoms with E-state index in [1.165, 1.54) is 6.21 Å². The Kier molecular flexibility index (Phi) is 7.51. The van der Waals surface area contributed by atoms with Crippen LogP contribution in [0.15, 0.2) is 60.2 Å². The quantitative estimate of drug-likeness (QED) is 0.409. The minimum absolute atomic E-state index is 0.333. The molecule has 0 saturated heterocycles. The highest BCUT2D eigenvalue weighted by Crippen LogP contribution is 2.28. The number of carbonyl (C=O) groups excluding carboxylic acids is 1. The fourth-order valence-corrected chi connectivity index (χ4v) is 2.33. The SMILES string of the molecule is C=CCOc1ccc(/C=N\NC(=O)[C@H](C)Oc2ccc(Cl)cc2Cl)cc1. The number of ether oxygens (including phenoxy) is 2. The summed E-state index contributed by atoms with van der Waals surface area (Å²) in [5.41, 5.74) is 3.23. The summed E-state index contributed by atoms with van der Waals surface area (Å²) in [5, 5.41) is 4.74. The standard InChI is InChI=1S/C19H18Cl2N2O3/c1-3-10-25-16-7-4-14(5-8-16)12-22-23-19(24)13(2)26-18-9-6-15(20)11-17(18)21/h3-9,11-13H,1,10H2,2H3,(H,23,24)/b22-12-/t13-/m0/s1. The molecule has 2 aromatic carbocycles. The monoisotopic (exact) mass is 392 g/mol. The molecule has 2 aromatic rings. The maximum Gasteiger partial charge on any atom is 0.280 e. The second-order valence-electron chi connectivity index (χ2n) is 5.24. The van der Waals surface area contributed by atoms with E-state index in [9.17, 15) is 4.79 Å². The summed E-state index contributed by atoms with van der Waals surface area (Å²) in [6.45, 7) is 5.63. The van der Waals surface area contributed by atoms with Crippen LogP contribution in [0.25, 0.3) is 0 Å².